The van der Waals surface area contributed by atoms with Crippen LogP contribution in [0.2, 0.25) is 0 Å². The third kappa shape index (κ3) is 2.43. The summed E-state index contributed by atoms with van der Waals surface area (Å²) in [6.45, 7) is 1.80. The second kappa shape index (κ2) is 5.31. The smallest absolute Gasteiger partial charge is 0.148 e. The Bertz CT molecular complexity index is 518. The lowest BCUT2D eigenvalue weighted by atomic mass is 10.1. The summed E-state index contributed by atoms with van der Waals surface area (Å²) in [5.41, 5.74) is 0.881. The minimum absolute atomic E-state index is 0.464. The Hall–Kier alpha value is -1.68. The second-order valence-electron chi connectivity index (χ2n) is 4.68. The van der Waals surface area contributed by atoms with Gasteiger partial charge in [-0.3, -0.25) is 0 Å². The van der Waals surface area contributed by atoms with Crippen LogP contribution in [0.25, 0.3) is 10.9 Å². The summed E-state index contributed by atoms with van der Waals surface area (Å²) in [6, 6.07) is 8.40. The molecule has 4 heteroatoms. The maximum atomic E-state index is 5.89. The Morgan fingerprint density at radius 2 is 2.22 bits per heavy atom. The van der Waals surface area contributed by atoms with Crippen molar-refractivity contribution in [2.45, 2.75) is 25.3 Å². The monoisotopic (exact) mass is 243 g/mol. The number of piperidine rings is 1. The largest absolute Gasteiger partial charge is 0.490 e. The Morgan fingerprint density at radius 3 is 3.11 bits per heavy atom. The van der Waals surface area contributed by atoms with Crippen LogP contribution in [-0.4, -0.2) is 29.4 Å². The van der Waals surface area contributed by atoms with Crippen LogP contribution >= 0.6 is 0 Å². The van der Waals surface area contributed by atoms with Crippen molar-refractivity contribution in [3.05, 3.63) is 30.5 Å². The van der Waals surface area contributed by atoms with Crippen LogP contribution in [0.1, 0.15) is 19.3 Å². The first kappa shape index (κ1) is 11.4. The number of hydrogen-bond donors (Lipinski definition) is 1. The van der Waals surface area contributed by atoms with Crippen molar-refractivity contribution in [1.29, 1.82) is 0 Å². The fourth-order valence-corrected chi connectivity index (χ4v) is 2.35. The fraction of sp³-hybridized carbons (Fsp3) is 0.429. The average Bonchev–Trinajstić information content (AvgIpc) is 2.46. The van der Waals surface area contributed by atoms with Crippen LogP contribution in [0.4, 0.5) is 0 Å². The molecule has 1 aromatic heterocycles. The molecule has 0 saturated carbocycles. The molecule has 1 N–H and O–H groups in total. The Morgan fingerprint density at radius 1 is 1.28 bits per heavy atom. The third-order valence-corrected chi connectivity index (χ3v) is 3.36. The predicted octanol–water partition coefficient (Wildman–Crippen LogP) is 2.15. The van der Waals surface area contributed by atoms with E-state index in [0.717, 1.165) is 23.2 Å². The van der Waals surface area contributed by atoms with Gasteiger partial charge in [0.05, 0.1) is 11.7 Å². The van der Waals surface area contributed by atoms with Crippen molar-refractivity contribution < 1.29 is 4.74 Å². The molecule has 0 aliphatic carbocycles. The first-order valence-electron chi connectivity index (χ1n) is 6.50. The summed E-state index contributed by atoms with van der Waals surface area (Å²) in [4.78, 5) is 0. The molecule has 2 aromatic rings. The van der Waals surface area contributed by atoms with E-state index >= 15 is 0 Å². The van der Waals surface area contributed by atoms with Gasteiger partial charge in [-0.1, -0.05) is 18.6 Å². The van der Waals surface area contributed by atoms with Crippen LogP contribution < -0.4 is 10.1 Å². The number of ether oxygens (including phenoxy) is 1. The lowest BCUT2D eigenvalue weighted by Gasteiger charge is -2.23. The molecule has 1 atom stereocenters. The van der Waals surface area contributed by atoms with E-state index in [1.807, 2.05) is 24.3 Å². The van der Waals surface area contributed by atoms with Gasteiger partial charge in [-0.2, -0.15) is 10.2 Å². The van der Waals surface area contributed by atoms with Gasteiger partial charge in [0, 0.05) is 11.4 Å². The summed E-state index contributed by atoms with van der Waals surface area (Å²) in [7, 11) is 0. The fourth-order valence-electron chi connectivity index (χ4n) is 2.35. The normalized spacial score (nSPS) is 19.9. The summed E-state index contributed by atoms with van der Waals surface area (Å²) < 4.78 is 5.89. The number of rotatable bonds is 3. The Balaban J connectivity index is 1.74. The van der Waals surface area contributed by atoms with Crippen molar-refractivity contribution in [3.8, 4) is 5.75 Å². The number of nitrogens with zero attached hydrogens (tertiary/aromatic N) is 2. The molecule has 94 valence electrons. The second-order valence-corrected chi connectivity index (χ2v) is 4.68. The number of fused-ring (bicyclic) bond motifs is 1. The molecule has 3 rings (SSSR count). The standard InChI is InChI=1S/C14H17N3O/c1-2-7-13-12(6-1)14(9-16-17-13)18-10-11-5-3-4-8-15-11/h1-2,6-7,9,11,15H,3-5,8,10H2. The van der Waals surface area contributed by atoms with E-state index in [4.69, 9.17) is 4.74 Å². The number of aromatic nitrogens is 2. The first-order valence-corrected chi connectivity index (χ1v) is 6.50. The van der Waals surface area contributed by atoms with Crippen LogP contribution in [0.3, 0.4) is 0 Å². The number of benzene rings is 1. The molecule has 1 aliphatic heterocycles. The van der Waals surface area contributed by atoms with Crippen LogP contribution in [0.5, 0.6) is 5.75 Å². The van der Waals surface area contributed by atoms with E-state index in [1.54, 1.807) is 6.20 Å². The van der Waals surface area contributed by atoms with Gasteiger partial charge < -0.3 is 10.1 Å². The van der Waals surface area contributed by atoms with Crippen molar-refractivity contribution in [1.82, 2.24) is 15.5 Å². The SMILES string of the molecule is c1ccc2c(OCC3CCCCN3)cnnc2c1. The Labute approximate surface area is 106 Å². The number of nitrogens with one attached hydrogen (secondary N) is 1. The molecule has 2 heterocycles. The maximum absolute atomic E-state index is 5.89. The highest BCUT2D eigenvalue weighted by Crippen LogP contribution is 2.22. The molecule has 0 spiro atoms. The van der Waals surface area contributed by atoms with Gasteiger partial charge >= 0.3 is 0 Å². The molecule has 0 radical (unpaired) electrons. The minimum Gasteiger partial charge on any atom is -0.490 e. The van der Waals surface area contributed by atoms with Gasteiger partial charge in [-0.15, -0.1) is 0 Å². The van der Waals surface area contributed by atoms with Gasteiger partial charge in [-0.05, 0) is 31.5 Å². The molecular formula is C14H17N3O. The predicted molar refractivity (Wildman–Crippen MR) is 70.7 cm³/mol. The van der Waals surface area contributed by atoms with Gasteiger partial charge in [0.25, 0.3) is 0 Å². The van der Waals surface area contributed by atoms with Crippen molar-refractivity contribution in [3.63, 3.8) is 0 Å². The van der Waals surface area contributed by atoms with Gasteiger partial charge in [0.2, 0.25) is 0 Å². The van der Waals surface area contributed by atoms with Crippen LogP contribution in [0.15, 0.2) is 30.5 Å². The van der Waals surface area contributed by atoms with Crippen molar-refractivity contribution in [2.75, 3.05) is 13.2 Å². The highest BCUT2D eigenvalue weighted by Gasteiger charge is 2.13. The zero-order valence-corrected chi connectivity index (χ0v) is 10.3. The minimum atomic E-state index is 0.464. The maximum Gasteiger partial charge on any atom is 0.148 e. The summed E-state index contributed by atoms with van der Waals surface area (Å²) in [6.07, 6.45) is 5.45. The molecule has 0 bridgehead atoms. The molecular weight excluding hydrogens is 226 g/mol. The highest BCUT2D eigenvalue weighted by atomic mass is 16.5. The Kier molecular flexibility index (Phi) is 3.37. The molecule has 0 amide bonds. The zero-order valence-electron chi connectivity index (χ0n) is 10.3. The zero-order chi connectivity index (χ0) is 12.2. The van der Waals surface area contributed by atoms with E-state index < -0.39 is 0 Å². The summed E-state index contributed by atoms with van der Waals surface area (Å²) in [5, 5.41) is 12.6. The molecule has 1 aliphatic rings. The molecule has 4 nitrogen and oxygen atoms in total. The van der Waals surface area contributed by atoms with Crippen LogP contribution in [-0.2, 0) is 0 Å². The average molecular weight is 243 g/mol. The van der Waals surface area contributed by atoms with Crippen molar-refractivity contribution >= 4 is 10.9 Å². The number of hydrogen-bond acceptors (Lipinski definition) is 4. The molecule has 1 unspecified atom stereocenters. The first-order chi connectivity index (χ1) is 8.93. The molecule has 1 saturated heterocycles. The van der Waals surface area contributed by atoms with E-state index in [-0.39, 0.29) is 0 Å². The summed E-state index contributed by atoms with van der Waals surface area (Å²) >= 11 is 0. The topological polar surface area (TPSA) is 47.0 Å². The third-order valence-electron chi connectivity index (χ3n) is 3.36. The lowest BCUT2D eigenvalue weighted by molar-refractivity contribution is 0.240. The van der Waals surface area contributed by atoms with Gasteiger partial charge in [0.15, 0.2) is 0 Å². The molecule has 18 heavy (non-hydrogen) atoms. The molecule has 1 aromatic carbocycles. The quantitative estimate of drug-likeness (QED) is 0.897. The lowest BCUT2D eigenvalue weighted by Crippen LogP contribution is -2.38. The van der Waals surface area contributed by atoms with Crippen molar-refractivity contribution in [2.24, 2.45) is 0 Å². The molecule has 1 fully saturated rings. The van der Waals surface area contributed by atoms with Gasteiger partial charge in [0.1, 0.15) is 12.4 Å². The van der Waals surface area contributed by atoms with E-state index in [1.165, 1.54) is 19.3 Å². The summed E-state index contributed by atoms with van der Waals surface area (Å²) in [5.74, 6) is 0.827. The van der Waals surface area contributed by atoms with E-state index in [0.29, 0.717) is 12.6 Å². The highest BCUT2D eigenvalue weighted by molar-refractivity contribution is 5.83. The van der Waals surface area contributed by atoms with Gasteiger partial charge in [-0.25, -0.2) is 0 Å². The van der Waals surface area contributed by atoms with E-state index in [9.17, 15) is 0 Å². The van der Waals surface area contributed by atoms with E-state index in [2.05, 4.69) is 15.5 Å². The van der Waals surface area contributed by atoms with Crippen LogP contribution in [0, 0.1) is 0 Å².